The van der Waals surface area contributed by atoms with Gasteiger partial charge in [-0.15, -0.1) is 0 Å². The Labute approximate surface area is 91.1 Å². The molecule has 0 bridgehead atoms. The predicted octanol–water partition coefficient (Wildman–Crippen LogP) is 1.23. The summed E-state index contributed by atoms with van der Waals surface area (Å²) >= 11 is 0. The van der Waals surface area contributed by atoms with Crippen LogP contribution in [-0.2, 0) is 14.3 Å². The second kappa shape index (κ2) is 5.47. The largest absolute Gasteiger partial charge is 0.465 e. The van der Waals surface area contributed by atoms with Crippen LogP contribution < -0.4 is 5.73 Å². The molecule has 1 atom stereocenters. The second-order valence-electron chi connectivity index (χ2n) is 3.93. The second-order valence-corrected chi connectivity index (χ2v) is 3.93. The zero-order valence-corrected chi connectivity index (χ0v) is 9.62. The number of nitrogens with two attached hydrogens (primary N) is 1. The molecule has 4 nitrogen and oxygen atoms in total. The molecule has 1 fully saturated rings. The van der Waals surface area contributed by atoms with Gasteiger partial charge in [0.2, 0.25) is 0 Å². The van der Waals surface area contributed by atoms with Crippen molar-refractivity contribution in [2.75, 3.05) is 13.2 Å². The highest BCUT2D eigenvalue weighted by atomic mass is 16.5. The average molecular weight is 215 g/mol. The zero-order chi connectivity index (χ0) is 11.3. The summed E-state index contributed by atoms with van der Waals surface area (Å²) in [6.45, 7) is 4.67. The van der Waals surface area contributed by atoms with Crippen molar-refractivity contribution in [1.29, 1.82) is 0 Å². The van der Waals surface area contributed by atoms with Crippen LogP contribution in [0.4, 0.5) is 0 Å². The first-order chi connectivity index (χ1) is 7.16. The quantitative estimate of drug-likeness (QED) is 0.701. The van der Waals surface area contributed by atoms with E-state index >= 15 is 0 Å². The van der Waals surface area contributed by atoms with E-state index in [-0.39, 0.29) is 5.97 Å². The summed E-state index contributed by atoms with van der Waals surface area (Å²) in [4.78, 5) is 11.6. The lowest BCUT2D eigenvalue weighted by Crippen LogP contribution is -2.53. The van der Waals surface area contributed by atoms with E-state index < -0.39 is 11.6 Å². The van der Waals surface area contributed by atoms with Crippen molar-refractivity contribution in [3.63, 3.8) is 0 Å². The van der Waals surface area contributed by atoms with Crippen LogP contribution >= 0.6 is 0 Å². The molecule has 0 heterocycles. The molecule has 0 aliphatic heterocycles. The molecular formula is C11H21NO3. The number of carbonyl (C=O) groups excluding carboxylic acids is 1. The van der Waals surface area contributed by atoms with Crippen molar-refractivity contribution < 1.29 is 14.3 Å². The van der Waals surface area contributed by atoms with Gasteiger partial charge in [0.25, 0.3) is 0 Å². The summed E-state index contributed by atoms with van der Waals surface area (Å²) in [7, 11) is 0. The predicted molar refractivity (Wildman–Crippen MR) is 57.4 cm³/mol. The first-order valence-corrected chi connectivity index (χ1v) is 5.72. The lowest BCUT2D eigenvalue weighted by atomic mass is 9.92. The van der Waals surface area contributed by atoms with Crippen LogP contribution in [0.1, 0.15) is 39.5 Å². The van der Waals surface area contributed by atoms with E-state index in [2.05, 4.69) is 0 Å². The highest BCUT2D eigenvalue weighted by molar-refractivity contribution is 5.77. The minimum absolute atomic E-state index is 0.340. The Morgan fingerprint density at radius 2 is 1.93 bits per heavy atom. The molecule has 2 N–H and O–H groups in total. The Morgan fingerprint density at radius 1 is 1.33 bits per heavy atom. The number of ether oxygens (including phenoxy) is 2. The van der Waals surface area contributed by atoms with E-state index in [4.69, 9.17) is 15.2 Å². The molecule has 1 unspecified atom stereocenters. The highest BCUT2D eigenvalue weighted by Crippen LogP contribution is 2.35. The van der Waals surface area contributed by atoms with Crippen LogP contribution in [0.15, 0.2) is 0 Å². The molecular weight excluding hydrogens is 194 g/mol. The first kappa shape index (κ1) is 12.5. The third-order valence-corrected chi connectivity index (χ3v) is 2.99. The summed E-state index contributed by atoms with van der Waals surface area (Å²) in [6, 6.07) is -0.639. The van der Waals surface area contributed by atoms with Gasteiger partial charge in [0, 0.05) is 6.61 Å². The van der Waals surface area contributed by atoms with Gasteiger partial charge in [0.15, 0.2) is 0 Å². The van der Waals surface area contributed by atoms with Crippen molar-refractivity contribution in [3.8, 4) is 0 Å². The topological polar surface area (TPSA) is 61.5 Å². The SMILES string of the molecule is CCOC(=O)C(N)C1(OCC)CCCC1. The molecule has 88 valence electrons. The molecule has 0 aromatic carbocycles. The fourth-order valence-electron chi connectivity index (χ4n) is 2.25. The Hall–Kier alpha value is -0.610. The molecule has 0 saturated heterocycles. The van der Waals surface area contributed by atoms with Gasteiger partial charge in [-0.2, -0.15) is 0 Å². The molecule has 0 spiro atoms. The molecule has 0 radical (unpaired) electrons. The minimum Gasteiger partial charge on any atom is -0.465 e. The summed E-state index contributed by atoms with van der Waals surface area (Å²) < 4.78 is 10.6. The molecule has 1 aliphatic rings. The molecule has 1 aliphatic carbocycles. The standard InChI is InChI=1S/C11H21NO3/c1-3-14-10(13)9(12)11(15-4-2)7-5-6-8-11/h9H,3-8,12H2,1-2H3. The van der Waals surface area contributed by atoms with Crippen LogP contribution in [0, 0.1) is 0 Å². The summed E-state index contributed by atoms with van der Waals surface area (Å²) in [5.74, 6) is -0.340. The van der Waals surface area contributed by atoms with Crippen molar-refractivity contribution in [2.45, 2.75) is 51.2 Å². The number of esters is 1. The van der Waals surface area contributed by atoms with E-state index in [0.29, 0.717) is 13.2 Å². The van der Waals surface area contributed by atoms with Crippen molar-refractivity contribution in [1.82, 2.24) is 0 Å². The first-order valence-electron chi connectivity index (χ1n) is 5.72. The zero-order valence-electron chi connectivity index (χ0n) is 9.62. The number of hydrogen-bond donors (Lipinski definition) is 1. The van der Waals surface area contributed by atoms with Crippen molar-refractivity contribution in [2.24, 2.45) is 5.73 Å². The lowest BCUT2D eigenvalue weighted by Gasteiger charge is -2.33. The fourth-order valence-corrected chi connectivity index (χ4v) is 2.25. The van der Waals surface area contributed by atoms with E-state index in [0.717, 1.165) is 25.7 Å². The molecule has 15 heavy (non-hydrogen) atoms. The van der Waals surface area contributed by atoms with Gasteiger partial charge in [0.1, 0.15) is 6.04 Å². The number of hydrogen-bond acceptors (Lipinski definition) is 4. The maximum atomic E-state index is 11.6. The van der Waals surface area contributed by atoms with Gasteiger partial charge in [-0.1, -0.05) is 12.8 Å². The van der Waals surface area contributed by atoms with Gasteiger partial charge >= 0.3 is 5.97 Å². The fraction of sp³-hybridized carbons (Fsp3) is 0.909. The Kier molecular flexibility index (Phi) is 4.54. The van der Waals surface area contributed by atoms with Gasteiger partial charge in [0.05, 0.1) is 12.2 Å². The van der Waals surface area contributed by atoms with E-state index in [1.165, 1.54) is 0 Å². The summed E-state index contributed by atoms with van der Waals surface area (Å²) in [6.07, 6.45) is 3.88. The maximum Gasteiger partial charge on any atom is 0.325 e. The van der Waals surface area contributed by atoms with Crippen LogP contribution in [0.2, 0.25) is 0 Å². The van der Waals surface area contributed by atoms with E-state index in [1.807, 2.05) is 6.92 Å². The molecule has 1 saturated carbocycles. The Morgan fingerprint density at radius 3 is 2.40 bits per heavy atom. The van der Waals surface area contributed by atoms with Crippen LogP contribution in [0.3, 0.4) is 0 Å². The minimum atomic E-state index is -0.639. The van der Waals surface area contributed by atoms with Gasteiger partial charge < -0.3 is 15.2 Å². The van der Waals surface area contributed by atoms with Crippen LogP contribution in [-0.4, -0.2) is 30.8 Å². The lowest BCUT2D eigenvalue weighted by molar-refractivity contribution is -0.154. The maximum absolute atomic E-state index is 11.6. The normalized spacial score (nSPS) is 21.3. The van der Waals surface area contributed by atoms with Gasteiger partial charge in [-0.25, -0.2) is 0 Å². The number of carbonyl (C=O) groups is 1. The van der Waals surface area contributed by atoms with Gasteiger partial charge in [-0.3, -0.25) is 4.79 Å². The highest BCUT2D eigenvalue weighted by Gasteiger charge is 2.44. The third-order valence-electron chi connectivity index (χ3n) is 2.99. The van der Waals surface area contributed by atoms with Crippen LogP contribution in [0.5, 0.6) is 0 Å². The molecule has 0 aromatic rings. The average Bonchev–Trinajstić information content (AvgIpc) is 2.67. The summed E-state index contributed by atoms with van der Waals surface area (Å²) in [5, 5.41) is 0. The summed E-state index contributed by atoms with van der Waals surface area (Å²) in [5.41, 5.74) is 5.46. The molecule has 0 amide bonds. The molecule has 4 heteroatoms. The Balaban J connectivity index is 2.66. The smallest absolute Gasteiger partial charge is 0.325 e. The Bertz CT molecular complexity index is 212. The van der Waals surface area contributed by atoms with E-state index in [9.17, 15) is 4.79 Å². The third kappa shape index (κ3) is 2.69. The van der Waals surface area contributed by atoms with Crippen molar-refractivity contribution >= 4 is 5.97 Å². The molecule has 0 aromatic heterocycles. The van der Waals surface area contributed by atoms with Gasteiger partial charge in [-0.05, 0) is 26.7 Å². The van der Waals surface area contributed by atoms with E-state index in [1.54, 1.807) is 6.92 Å². The van der Waals surface area contributed by atoms with Crippen LogP contribution in [0.25, 0.3) is 0 Å². The van der Waals surface area contributed by atoms with Crippen molar-refractivity contribution in [3.05, 3.63) is 0 Å². The number of rotatable bonds is 5. The molecule has 1 rings (SSSR count). The monoisotopic (exact) mass is 215 g/mol.